The van der Waals surface area contributed by atoms with E-state index in [1.165, 1.54) is 11.3 Å². The highest BCUT2D eigenvalue weighted by Gasteiger charge is 2.07. The van der Waals surface area contributed by atoms with Crippen molar-refractivity contribution in [1.29, 1.82) is 0 Å². The van der Waals surface area contributed by atoms with Crippen LogP contribution in [0.1, 0.15) is 11.9 Å². The molecule has 4 nitrogen and oxygen atoms in total. The summed E-state index contributed by atoms with van der Waals surface area (Å²) in [5, 5.41) is 5.69. The van der Waals surface area contributed by atoms with Crippen molar-refractivity contribution in [3.05, 3.63) is 23.0 Å². The van der Waals surface area contributed by atoms with Gasteiger partial charge in [-0.05, 0) is 6.92 Å². The molecule has 1 aromatic rings. The van der Waals surface area contributed by atoms with Gasteiger partial charge in [0.2, 0.25) is 0 Å². The number of aromatic nitrogens is 1. The summed E-state index contributed by atoms with van der Waals surface area (Å²) in [6, 6.07) is 0. The van der Waals surface area contributed by atoms with Crippen molar-refractivity contribution in [1.82, 2.24) is 4.98 Å². The molecule has 0 unspecified atom stereocenters. The van der Waals surface area contributed by atoms with Gasteiger partial charge < -0.3 is 10.1 Å². The Balaban J connectivity index is 2.45. The molecule has 1 heterocycles. The molecule has 1 N–H and O–H groups in total. The second-order valence-electron chi connectivity index (χ2n) is 2.78. The lowest BCUT2D eigenvalue weighted by molar-refractivity contribution is -0.142. The Morgan fingerprint density at radius 2 is 2.60 bits per heavy atom. The zero-order chi connectivity index (χ0) is 11.1. The predicted molar refractivity (Wildman–Crippen MR) is 61.1 cm³/mol. The van der Waals surface area contributed by atoms with Crippen molar-refractivity contribution in [2.75, 3.05) is 18.5 Å². The molecule has 1 aromatic heterocycles. The van der Waals surface area contributed by atoms with Crippen LogP contribution in [0.4, 0.5) is 5.82 Å². The van der Waals surface area contributed by atoms with Gasteiger partial charge >= 0.3 is 5.97 Å². The van der Waals surface area contributed by atoms with Gasteiger partial charge in [-0.25, -0.2) is 4.98 Å². The van der Waals surface area contributed by atoms with E-state index in [2.05, 4.69) is 16.9 Å². The normalized spacial score (nSPS) is 9.67. The number of rotatable bonds is 6. The number of thiazole rings is 1. The van der Waals surface area contributed by atoms with Gasteiger partial charge in [0.1, 0.15) is 10.8 Å². The van der Waals surface area contributed by atoms with Crippen LogP contribution in [0.3, 0.4) is 0 Å². The Kier molecular flexibility index (Phi) is 4.83. The molecule has 0 spiro atoms. The van der Waals surface area contributed by atoms with Gasteiger partial charge in [0.05, 0.1) is 13.0 Å². The van der Waals surface area contributed by atoms with Crippen molar-refractivity contribution >= 4 is 23.1 Å². The Morgan fingerprint density at radius 1 is 1.80 bits per heavy atom. The molecule has 5 heteroatoms. The molecule has 0 aliphatic rings. The third kappa shape index (κ3) is 4.12. The number of anilines is 1. The minimum atomic E-state index is -0.234. The van der Waals surface area contributed by atoms with Crippen molar-refractivity contribution < 1.29 is 9.53 Å². The second-order valence-corrected chi connectivity index (χ2v) is 3.72. The summed E-state index contributed by atoms with van der Waals surface area (Å²) in [7, 11) is 0. The standard InChI is InChI=1S/C10H14N2O2S/c1-3-5-11-8-7-15-9(12-8)6-10(13)14-4-2/h3,7,11H,1,4-6H2,2H3. The topological polar surface area (TPSA) is 51.2 Å². The first-order chi connectivity index (χ1) is 7.26. The minimum absolute atomic E-state index is 0.234. The van der Waals surface area contributed by atoms with Crippen molar-refractivity contribution in [3.63, 3.8) is 0 Å². The van der Waals surface area contributed by atoms with Gasteiger partial charge in [-0.15, -0.1) is 17.9 Å². The molecule has 0 atom stereocenters. The fraction of sp³-hybridized carbons (Fsp3) is 0.400. The van der Waals surface area contributed by atoms with E-state index in [4.69, 9.17) is 4.74 Å². The summed E-state index contributed by atoms with van der Waals surface area (Å²) in [5.74, 6) is 0.543. The van der Waals surface area contributed by atoms with E-state index in [1.807, 2.05) is 5.38 Å². The Bertz CT molecular complexity index is 336. The third-order valence-electron chi connectivity index (χ3n) is 1.58. The van der Waals surface area contributed by atoms with Gasteiger partial charge in [0.15, 0.2) is 0 Å². The zero-order valence-corrected chi connectivity index (χ0v) is 9.47. The number of esters is 1. The summed E-state index contributed by atoms with van der Waals surface area (Å²) in [6.07, 6.45) is 2.00. The number of nitrogens with one attached hydrogen (secondary N) is 1. The zero-order valence-electron chi connectivity index (χ0n) is 8.66. The monoisotopic (exact) mass is 226 g/mol. The molecule has 0 saturated heterocycles. The highest BCUT2D eigenvalue weighted by atomic mass is 32.1. The quantitative estimate of drug-likeness (QED) is 0.594. The van der Waals surface area contributed by atoms with Crippen molar-refractivity contribution in [2.24, 2.45) is 0 Å². The molecule has 0 bridgehead atoms. The molecular weight excluding hydrogens is 212 g/mol. The average molecular weight is 226 g/mol. The van der Waals surface area contributed by atoms with Crippen LogP contribution >= 0.6 is 11.3 Å². The molecule has 0 amide bonds. The first kappa shape index (κ1) is 11.7. The van der Waals surface area contributed by atoms with E-state index in [0.717, 1.165) is 10.8 Å². The highest BCUT2D eigenvalue weighted by molar-refractivity contribution is 7.10. The van der Waals surface area contributed by atoms with E-state index >= 15 is 0 Å². The maximum Gasteiger partial charge on any atom is 0.312 e. The first-order valence-electron chi connectivity index (χ1n) is 4.71. The van der Waals surface area contributed by atoms with Gasteiger partial charge in [0.25, 0.3) is 0 Å². The van der Waals surface area contributed by atoms with Crippen LogP contribution in [0, 0.1) is 0 Å². The van der Waals surface area contributed by atoms with Crippen LogP contribution < -0.4 is 5.32 Å². The van der Waals surface area contributed by atoms with E-state index in [1.54, 1.807) is 13.0 Å². The summed E-state index contributed by atoms with van der Waals surface area (Å²) in [6.45, 7) is 6.46. The maximum atomic E-state index is 11.1. The number of hydrogen-bond donors (Lipinski definition) is 1. The molecule has 0 aromatic carbocycles. The van der Waals surface area contributed by atoms with Crippen LogP contribution in [0.15, 0.2) is 18.0 Å². The van der Waals surface area contributed by atoms with Gasteiger partial charge in [-0.2, -0.15) is 0 Å². The molecule has 15 heavy (non-hydrogen) atoms. The lowest BCUT2D eigenvalue weighted by Gasteiger charge is -1.98. The van der Waals surface area contributed by atoms with Crippen LogP contribution in [-0.2, 0) is 16.0 Å². The third-order valence-corrected chi connectivity index (χ3v) is 2.43. The fourth-order valence-electron chi connectivity index (χ4n) is 0.986. The van der Waals surface area contributed by atoms with Crippen molar-refractivity contribution in [2.45, 2.75) is 13.3 Å². The highest BCUT2D eigenvalue weighted by Crippen LogP contribution is 2.14. The summed E-state index contributed by atoms with van der Waals surface area (Å²) in [5.41, 5.74) is 0. The SMILES string of the molecule is C=CCNc1csc(CC(=O)OCC)n1. The Hall–Kier alpha value is -1.36. The van der Waals surface area contributed by atoms with Gasteiger partial charge in [0, 0.05) is 11.9 Å². The number of ether oxygens (including phenoxy) is 1. The Labute approximate surface area is 93.0 Å². The molecular formula is C10H14N2O2S. The minimum Gasteiger partial charge on any atom is -0.466 e. The average Bonchev–Trinajstić information content (AvgIpc) is 2.63. The summed E-state index contributed by atoms with van der Waals surface area (Å²) < 4.78 is 4.83. The number of hydrogen-bond acceptors (Lipinski definition) is 5. The smallest absolute Gasteiger partial charge is 0.312 e. The van der Waals surface area contributed by atoms with E-state index in [0.29, 0.717) is 13.2 Å². The van der Waals surface area contributed by atoms with Crippen molar-refractivity contribution in [3.8, 4) is 0 Å². The van der Waals surface area contributed by atoms with E-state index in [9.17, 15) is 4.79 Å². The molecule has 82 valence electrons. The van der Waals surface area contributed by atoms with Gasteiger partial charge in [-0.1, -0.05) is 6.08 Å². The molecule has 0 radical (unpaired) electrons. The van der Waals surface area contributed by atoms with Crippen LogP contribution in [-0.4, -0.2) is 24.1 Å². The molecule has 0 aliphatic carbocycles. The van der Waals surface area contributed by atoms with E-state index in [-0.39, 0.29) is 12.4 Å². The van der Waals surface area contributed by atoms with Crippen LogP contribution in [0.5, 0.6) is 0 Å². The molecule has 0 fully saturated rings. The fourth-order valence-corrected chi connectivity index (χ4v) is 1.72. The van der Waals surface area contributed by atoms with Crippen LogP contribution in [0.25, 0.3) is 0 Å². The molecule has 0 saturated carbocycles. The number of carbonyl (C=O) groups is 1. The summed E-state index contributed by atoms with van der Waals surface area (Å²) in [4.78, 5) is 15.4. The van der Waals surface area contributed by atoms with Crippen LogP contribution in [0.2, 0.25) is 0 Å². The molecule has 0 aliphatic heterocycles. The largest absolute Gasteiger partial charge is 0.466 e. The Morgan fingerprint density at radius 3 is 3.27 bits per heavy atom. The lowest BCUT2D eigenvalue weighted by Crippen LogP contribution is -2.07. The second kappa shape index (κ2) is 6.19. The predicted octanol–water partition coefficient (Wildman–Crippen LogP) is 1.85. The number of nitrogens with zero attached hydrogens (tertiary/aromatic N) is 1. The first-order valence-corrected chi connectivity index (χ1v) is 5.59. The van der Waals surface area contributed by atoms with E-state index < -0.39 is 0 Å². The maximum absolute atomic E-state index is 11.1. The summed E-state index contributed by atoms with van der Waals surface area (Å²) >= 11 is 1.45. The van der Waals surface area contributed by atoms with Gasteiger partial charge in [-0.3, -0.25) is 4.79 Å². The molecule has 1 rings (SSSR count). The number of carbonyl (C=O) groups excluding carboxylic acids is 1. The lowest BCUT2D eigenvalue weighted by atomic mass is 10.4.